The predicted octanol–water partition coefficient (Wildman–Crippen LogP) is 19.2. The molecule has 6 heteroatoms. The molecule has 1 aliphatic heterocycles. The van der Waals surface area contributed by atoms with Gasteiger partial charge in [0.15, 0.2) is 0 Å². The minimum absolute atomic E-state index is 0. The van der Waals surface area contributed by atoms with Crippen LogP contribution in [0.1, 0.15) is 144 Å². The smallest absolute Gasteiger partial charge is 0.135 e. The van der Waals surface area contributed by atoms with E-state index in [-0.39, 0.29) is 53.6 Å². The Balaban J connectivity index is 0.00000740. The van der Waals surface area contributed by atoms with Crippen LogP contribution >= 0.6 is 0 Å². The van der Waals surface area contributed by atoms with E-state index < -0.39 is 0 Å². The van der Waals surface area contributed by atoms with Gasteiger partial charge in [-0.15, -0.1) is 53.6 Å². The van der Waals surface area contributed by atoms with Crippen molar-refractivity contribution < 1.29 is 25.8 Å². The zero-order valence-corrected chi connectivity index (χ0v) is 51.0. The van der Waals surface area contributed by atoms with E-state index in [1.807, 2.05) is 6.20 Å². The first kappa shape index (κ1) is 56.1. The second-order valence-corrected chi connectivity index (χ2v) is 26.4. The number of hydrogen-bond donors (Lipinski definition) is 0. The number of hydrogen-bond acceptors (Lipinski definition) is 4. The predicted molar refractivity (Wildman–Crippen MR) is 324 cm³/mol. The van der Waals surface area contributed by atoms with E-state index in [0.29, 0.717) is 11.5 Å². The fourth-order valence-electron chi connectivity index (χ4n) is 11.1. The monoisotopic (exact) mass is 1210 g/mol. The van der Waals surface area contributed by atoms with E-state index in [2.05, 4.69) is 308 Å². The van der Waals surface area contributed by atoms with Crippen LogP contribution in [0.2, 0.25) is 0 Å². The third kappa shape index (κ3) is 10.8. The number of aromatic nitrogens is 2. The maximum absolute atomic E-state index is 7.08. The van der Waals surface area contributed by atoms with Gasteiger partial charge >= 0.3 is 0 Å². The van der Waals surface area contributed by atoms with E-state index in [1.165, 1.54) is 44.8 Å². The Labute approximate surface area is 480 Å². The maximum Gasteiger partial charge on any atom is 0.135 e. The molecule has 0 radical (unpaired) electrons. The Morgan fingerprint density at radius 2 is 0.974 bits per heavy atom. The van der Waals surface area contributed by atoms with Gasteiger partial charge in [0, 0.05) is 83.0 Å². The van der Waals surface area contributed by atoms with E-state index in [0.717, 1.165) is 50.1 Å². The molecule has 404 valence electrons. The molecule has 0 saturated heterocycles. The molecule has 0 spiro atoms. The van der Waals surface area contributed by atoms with Gasteiger partial charge in [0.1, 0.15) is 5.82 Å². The molecule has 0 unspecified atom stereocenters. The summed E-state index contributed by atoms with van der Waals surface area (Å²) in [5.41, 5.74) is 14.8. The van der Waals surface area contributed by atoms with E-state index in [1.54, 1.807) is 0 Å². The molecule has 9 aromatic rings. The molecule has 0 bridgehead atoms. The Bertz CT molecular complexity index is 3600. The number of nitrogens with zero attached hydrogens (tertiary/aromatic N) is 4. The molecular formula is C72H77N4OPt-3. The molecular weight excluding hydrogens is 1130 g/mol. The first-order valence-corrected chi connectivity index (χ1v) is 27.4. The first-order chi connectivity index (χ1) is 36.2. The molecule has 0 aliphatic carbocycles. The van der Waals surface area contributed by atoms with E-state index >= 15 is 0 Å². The van der Waals surface area contributed by atoms with Crippen molar-refractivity contribution in [2.75, 3.05) is 9.80 Å². The molecule has 0 atom stereocenters. The van der Waals surface area contributed by atoms with Crippen LogP contribution in [0.15, 0.2) is 181 Å². The van der Waals surface area contributed by atoms with Crippen LogP contribution in [-0.4, -0.2) is 9.55 Å². The zero-order valence-electron chi connectivity index (χ0n) is 48.8. The summed E-state index contributed by atoms with van der Waals surface area (Å²) < 4.78 is 9.33. The summed E-state index contributed by atoms with van der Waals surface area (Å²) in [6, 6.07) is 67.1. The number of ether oxygens (including phenoxy) is 1. The normalized spacial score (nSPS) is 13.9. The average molecular weight is 1210 g/mol. The van der Waals surface area contributed by atoms with Crippen LogP contribution in [0, 0.1) is 29.6 Å². The van der Waals surface area contributed by atoms with Crippen molar-refractivity contribution in [1.82, 2.24) is 9.55 Å². The Hall–Kier alpha value is -6.68. The number of anilines is 2. The van der Waals surface area contributed by atoms with Crippen LogP contribution in [-0.2, 0) is 42.7 Å². The Kier molecular flexibility index (Phi) is 14.7. The van der Waals surface area contributed by atoms with Crippen LogP contribution < -0.4 is 14.5 Å². The van der Waals surface area contributed by atoms with Crippen LogP contribution in [0.4, 0.5) is 11.4 Å². The Morgan fingerprint density at radius 3 is 1.53 bits per heavy atom. The number of allylic oxidation sites excluding steroid dienone is 2. The second kappa shape index (κ2) is 20.5. The molecule has 5 nitrogen and oxygen atoms in total. The minimum Gasteiger partial charge on any atom is -0.509 e. The van der Waals surface area contributed by atoms with Crippen molar-refractivity contribution in [3.8, 4) is 28.4 Å². The zero-order chi connectivity index (χ0) is 55.0. The summed E-state index contributed by atoms with van der Waals surface area (Å²) in [6.45, 7) is 39.3. The fourth-order valence-corrected chi connectivity index (χ4v) is 11.1. The van der Waals surface area contributed by atoms with Crippen LogP contribution in [0.3, 0.4) is 0 Å². The largest absolute Gasteiger partial charge is 0.509 e. The molecule has 3 heterocycles. The van der Waals surface area contributed by atoms with Gasteiger partial charge in [0.25, 0.3) is 0 Å². The van der Waals surface area contributed by atoms with Gasteiger partial charge in [-0.2, -0.15) is 6.07 Å². The summed E-state index contributed by atoms with van der Waals surface area (Å²) >= 11 is 0. The molecule has 0 saturated carbocycles. The van der Waals surface area contributed by atoms with Crippen molar-refractivity contribution in [3.63, 3.8) is 0 Å². The van der Waals surface area contributed by atoms with Crippen molar-refractivity contribution in [2.45, 2.75) is 132 Å². The minimum atomic E-state index is -0.288. The number of fused-ring (bicyclic) bond motifs is 3. The van der Waals surface area contributed by atoms with Gasteiger partial charge in [0.05, 0.1) is 0 Å². The molecule has 10 rings (SSSR count). The van der Waals surface area contributed by atoms with Crippen LogP contribution in [0.25, 0.3) is 38.8 Å². The van der Waals surface area contributed by atoms with Gasteiger partial charge in [-0.3, -0.25) is 0 Å². The first-order valence-electron chi connectivity index (χ1n) is 27.4. The summed E-state index contributed by atoms with van der Waals surface area (Å²) in [5, 5.41) is 2.21. The standard InChI is InChI=1S/C72H77N4O.Pt/c1-67(2,3)52-36-37-73-64(44-52)76-62-35-32-49(48-26-20-17-21-27-48)38-61(62)60-34-33-58(46-63(60)76)77-59-43-53(68(4,5)6)40-57(45-59)75-47-74(65(69(7,8)9)66(75)70(10,11)12)56-41-54(71(13,14)50-28-22-18-23-29-50)39-55(42-56)72(15,16)51-30-24-19-25-31-51;/h17-44,47H,1-16H3;/q-3;. The molecule has 0 amide bonds. The Morgan fingerprint density at radius 1 is 0.423 bits per heavy atom. The number of benzene rings is 7. The summed E-state index contributed by atoms with van der Waals surface area (Å²) in [4.78, 5) is 9.87. The van der Waals surface area contributed by atoms with Crippen molar-refractivity contribution >= 4 is 33.2 Å². The molecule has 7 aromatic carbocycles. The van der Waals surface area contributed by atoms with E-state index in [4.69, 9.17) is 9.72 Å². The summed E-state index contributed by atoms with van der Waals surface area (Å²) in [7, 11) is 0. The van der Waals surface area contributed by atoms with E-state index in [9.17, 15) is 0 Å². The molecule has 2 aromatic heterocycles. The topological polar surface area (TPSA) is 33.5 Å². The third-order valence-corrected chi connectivity index (χ3v) is 15.8. The SMILES string of the molecule is CC(C)(C)C1=C(C(C)(C)C)N(c2cc(C(C)(C)c3ccccc3)cc(C(C)(C)c3ccccc3)c2)[CH-]N1c1[c-]c(Oc2[c-]c3c(cc2)c2cc(-c4ccccc4)ccc2n3-c2cc(C(C)(C)C)ccn2)cc(C(C)(C)C)c1.[Pt]. The van der Waals surface area contributed by atoms with Crippen molar-refractivity contribution in [1.29, 1.82) is 0 Å². The third-order valence-electron chi connectivity index (χ3n) is 15.8. The molecule has 0 N–H and O–H groups in total. The number of pyridine rings is 1. The molecule has 78 heavy (non-hydrogen) atoms. The fraction of sp³-hybridized carbons (Fsp3) is 0.306. The van der Waals surface area contributed by atoms with Gasteiger partial charge in [-0.1, -0.05) is 225 Å². The van der Waals surface area contributed by atoms with Gasteiger partial charge < -0.3 is 19.1 Å². The average Bonchev–Trinajstić information content (AvgIpc) is 4.21. The van der Waals surface area contributed by atoms with Gasteiger partial charge in [-0.25, -0.2) is 4.98 Å². The maximum atomic E-state index is 7.08. The van der Waals surface area contributed by atoms with Crippen molar-refractivity contribution in [3.05, 3.63) is 234 Å². The second-order valence-electron chi connectivity index (χ2n) is 26.4. The van der Waals surface area contributed by atoms with Gasteiger partial charge in [-0.05, 0) is 85.5 Å². The van der Waals surface area contributed by atoms with Crippen LogP contribution in [0.5, 0.6) is 11.5 Å². The summed E-state index contributed by atoms with van der Waals surface area (Å²) in [6.07, 6.45) is 1.93. The number of rotatable bonds is 10. The quantitative estimate of drug-likeness (QED) is 0.128. The molecule has 0 fully saturated rings. The van der Waals surface area contributed by atoms with Crippen molar-refractivity contribution in [2.24, 2.45) is 10.8 Å². The molecule has 1 aliphatic rings. The van der Waals surface area contributed by atoms with Gasteiger partial charge in [0.2, 0.25) is 0 Å². The summed E-state index contributed by atoms with van der Waals surface area (Å²) in [5.74, 6) is 2.07.